The van der Waals surface area contributed by atoms with E-state index in [1.165, 1.54) is 47.7 Å². The zero-order valence-electron chi connectivity index (χ0n) is 13.8. The average molecular weight is 295 g/mol. The van der Waals surface area contributed by atoms with Crippen molar-refractivity contribution < 1.29 is 0 Å². The molecule has 2 rings (SSSR count). The summed E-state index contributed by atoms with van der Waals surface area (Å²) in [6.07, 6.45) is 7.61. The molecule has 1 aliphatic carbocycles. The molecule has 0 bridgehead atoms. The smallest absolute Gasteiger partial charge is 0.114 e. The van der Waals surface area contributed by atoms with Crippen LogP contribution in [0.4, 0.5) is 0 Å². The molecule has 3 heteroatoms. The van der Waals surface area contributed by atoms with Gasteiger partial charge in [-0.3, -0.25) is 0 Å². The Bertz CT molecular complexity index is 438. The lowest BCUT2D eigenvalue weighted by molar-refractivity contribution is 0.124. The van der Waals surface area contributed by atoms with Gasteiger partial charge in [0.05, 0.1) is 11.2 Å². The van der Waals surface area contributed by atoms with E-state index in [4.69, 9.17) is 4.98 Å². The summed E-state index contributed by atoms with van der Waals surface area (Å²) in [5, 5.41) is 5.28. The average Bonchev–Trinajstić information content (AvgIpc) is 2.80. The molecule has 0 spiro atoms. The summed E-state index contributed by atoms with van der Waals surface area (Å²) in [7, 11) is 0. The molecule has 1 heterocycles. The van der Waals surface area contributed by atoms with E-state index < -0.39 is 0 Å². The fourth-order valence-electron chi connectivity index (χ4n) is 3.79. The molecule has 1 aliphatic rings. The van der Waals surface area contributed by atoms with E-state index in [0.717, 1.165) is 12.3 Å². The first kappa shape index (κ1) is 16.0. The molecular weight excluding hydrogens is 264 g/mol. The van der Waals surface area contributed by atoms with Crippen LogP contribution >= 0.6 is 11.3 Å². The van der Waals surface area contributed by atoms with Gasteiger partial charge < -0.3 is 5.32 Å². The third kappa shape index (κ3) is 2.94. The van der Waals surface area contributed by atoms with E-state index in [-0.39, 0.29) is 5.54 Å². The lowest BCUT2D eigenvalue weighted by Crippen LogP contribution is -2.52. The number of aryl methyl sites for hydroxylation is 2. The summed E-state index contributed by atoms with van der Waals surface area (Å²) < 4.78 is 0. The van der Waals surface area contributed by atoms with Crippen LogP contribution in [0.1, 0.15) is 75.4 Å². The van der Waals surface area contributed by atoms with Crippen molar-refractivity contribution in [1.82, 2.24) is 10.3 Å². The van der Waals surface area contributed by atoms with Crippen molar-refractivity contribution in [1.29, 1.82) is 0 Å². The molecule has 0 saturated heterocycles. The minimum absolute atomic E-state index is 0.129. The van der Waals surface area contributed by atoms with Gasteiger partial charge in [0.1, 0.15) is 5.01 Å². The molecule has 2 atom stereocenters. The highest BCUT2D eigenvalue weighted by Gasteiger charge is 2.43. The van der Waals surface area contributed by atoms with E-state index in [1.807, 2.05) is 11.3 Å². The van der Waals surface area contributed by atoms with Gasteiger partial charge in [-0.15, -0.1) is 11.3 Å². The molecule has 20 heavy (non-hydrogen) atoms. The van der Waals surface area contributed by atoms with Gasteiger partial charge in [-0.2, -0.15) is 0 Å². The highest BCUT2D eigenvalue weighted by Crippen LogP contribution is 2.45. The number of thiazole rings is 1. The topological polar surface area (TPSA) is 24.9 Å². The predicted octanol–water partition coefficient (Wildman–Crippen LogP) is 4.81. The largest absolute Gasteiger partial charge is 0.303 e. The van der Waals surface area contributed by atoms with Crippen LogP contribution in [0.25, 0.3) is 0 Å². The Labute approximate surface area is 128 Å². The van der Waals surface area contributed by atoms with Crippen molar-refractivity contribution in [2.75, 3.05) is 0 Å². The molecule has 2 unspecified atom stereocenters. The maximum atomic E-state index is 5.03. The molecule has 1 aromatic rings. The standard InChI is InChI=1S/C17H30N2S/c1-6-14-10-8-9-11-17(14,19-12(3)4)16-18-15(7-2)13(5)20-16/h12,14,19H,6-11H2,1-5H3. The van der Waals surface area contributed by atoms with Crippen LogP contribution in [0, 0.1) is 12.8 Å². The molecular formula is C17H30N2S. The fraction of sp³-hybridized carbons (Fsp3) is 0.824. The first-order chi connectivity index (χ1) is 9.53. The summed E-state index contributed by atoms with van der Waals surface area (Å²) in [4.78, 5) is 6.44. The number of nitrogens with one attached hydrogen (secondary N) is 1. The molecule has 0 aromatic carbocycles. The normalized spacial score (nSPS) is 27.2. The Morgan fingerprint density at radius 3 is 2.65 bits per heavy atom. The maximum Gasteiger partial charge on any atom is 0.114 e. The van der Waals surface area contributed by atoms with Gasteiger partial charge in [0.2, 0.25) is 0 Å². The molecule has 2 nitrogen and oxygen atoms in total. The van der Waals surface area contributed by atoms with Crippen molar-refractivity contribution in [2.45, 2.75) is 84.7 Å². The second kappa shape index (κ2) is 6.57. The van der Waals surface area contributed by atoms with Gasteiger partial charge in [-0.1, -0.05) is 33.1 Å². The SMILES string of the molecule is CCc1nc(C2(NC(C)C)CCCCC2CC)sc1C. The lowest BCUT2D eigenvalue weighted by Gasteiger charge is -2.44. The van der Waals surface area contributed by atoms with E-state index in [1.54, 1.807) is 0 Å². The van der Waals surface area contributed by atoms with E-state index in [2.05, 4.69) is 39.9 Å². The van der Waals surface area contributed by atoms with Crippen LogP contribution in [-0.4, -0.2) is 11.0 Å². The Morgan fingerprint density at radius 2 is 2.10 bits per heavy atom. The monoisotopic (exact) mass is 294 g/mol. The second-order valence-corrected chi connectivity index (χ2v) is 7.70. The molecule has 1 fully saturated rings. The molecule has 0 aliphatic heterocycles. The summed E-state index contributed by atoms with van der Waals surface area (Å²) in [5.41, 5.74) is 1.43. The Morgan fingerprint density at radius 1 is 1.35 bits per heavy atom. The van der Waals surface area contributed by atoms with Crippen LogP contribution < -0.4 is 5.32 Å². The summed E-state index contributed by atoms with van der Waals surface area (Å²) >= 11 is 1.93. The summed E-state index contributed by atoms with van der Waals surface area (Å²) in [6, 6.07) is 0.511. The third-order valence-electron chi connectivity index (χ3n) is 4.72. The first-order valence-electron chi connectivity index (χ1n) is 8.28. The number of hydrogen-bond acceptors (Lipinski definition) is 3. The van der Waals surface area contributed by atoms with Gasteiger partial charge in [0, 0.05) is 10.9 Å². The highest BCUT2D eigenvalue weighted by molar-refractivity contribution is 7.11. The zero-order valence-corrected chi connectivity index (χ0v) is 14.6. The van der Waals surface area contributed by atoms with Crippen LogP contribution in [0.15, 0.2) is 0 Å². The third-order valence-corrected chi connectivity index (χ3v) is 5.91. The summed E-state index contributed by atoms with van der Waals surface area (Å²) in [5.74, 6) is 0.730. The van der Waals surface area contributed by atoms with Gasteiger partial charge in [-0.05, 0) is 46.0 Å². The van der Waals surface area contributed by atoms with Crippen molar-refractivity contribution in [2.24, 2.45) is 5.92 Å². The van der Waals surface area contributed by atoms with Gasteiger partial charge in [-0.25, -0.2) is 4.98 Å². The van der Waals surface area contributed by atoms with Crippen LogP contribution in [0.3, 0.4) is 0 Å². The van der Waals surface area contributed by atoms with Crippen molar-refractivity contribution in [3.63, 3.8) is 0 Å². The molecule has 114 valence electrons. The molecule has 0 radical (unpaired) electrons. The minimum Gasteiger partial charge on any atom is -0.303 e. The number of aromatic nitrogens is 1. The molecule has 0 amide bonds. The van der Waals surface area contributed by atoms with Crippen molar-refractivity contribution in [3.05, 3.63) is 15.6 Å². The van der Waals surface area contributed by atoms with Gasteiger partial charge in [0.25, 0.3) is 0 Å². The van der Waals surface area contributed by atoms with Crippen molar-refractivity contribution in [3.8, 4) is 0 Å². The van der Waals surface area contributed by atoms with E-state index in [9.17, 15) is 0 Å². The van der Waals surface area contributed by atoms with Crippen molar-refractivity contribution >= 4 is 11.3 Å². The molecule has 1 aromatic heterocycles. The summed E-state index contributed by atoms with van der Waals surface area (Å²) in [6.45, 7) is 11.3. The molecule has 1 N–H and O–H groups in total. The highest BCUT2D eigenvalue weighted by atomic mass is 32.1. The van der Waals surface area contributed by atoms with Gasteiger partial charge in [0.15, 0.2) is 0 Å². The Hall–Kier alpha value is -0.410. The number of rotatable bonds is 5. The zero-order chi connectivity index (χ0) is 14.8. The minimum atomic E-state index is 0.129. The van der Waals surface area contributed by atoms with E-state index in [0.29, 0.717) is 6.04 Å². The predicted molar refractivity (Wildman–Crippen MR) is 88.4 cm³/mol. The van der Waals surface area contributed by atoms with Crippen LogP contribution in [0.5, 0.6) is 0 Å². The maximum absolute atomic E-state index is 5.03. The first-order valence-corrected chi connectivity index (χ1v) is 9.09. The fourth-order valence-corrected chi connectivity index (χ4v) is 5.06. The quantitative estimate of drug-likeness (QED) is 0.843. The number of hydrogen-bond donors (Lipinski definition) is 1. The number of nitrogens with zero attached hydrogens (tertiary/aromatic N) is 1. The van der Waals surface area contributed by atoms with E-state index >= 15 is 0 Å². The Balaban J connectivity index is 2.43. The van der Waals surface area contributed by atoms with Gasteiger partial charge >= 0.3 is 0 Å². The van der Waals surface area contributed by atoms with Crippen LogP contribution in [-0.2, 0) is 12.0 Å². The van der Waals surface area contributed by atoms with Crippen LogP contribution in [0.2, 0.25) is 0 Å². The Kier molecular flexibility index (Phi) is 5.25. The lowest BCUT2D eigenvalue weighted by atomic mass is 9.71. The second-order valence-electron chi connectivity index (χ2n) is 6.50. The molecule has 1 saturated carbocycles.